The van der Waals surface area contributed by atoms with Gasteiger partial charge in [0, 0.05) is 22.0 Å². The second-order valence-electron chi connectivity index (χ2n) is 5.49. The van der Waals surface area contributed by atoms with Crippen molar-refractivity contribution in [1.29, 1.82) is 0 Å². The van der Waals surface area contributed by atoms with Gasteiger partial charge in [0.05, 0.1) is 0 Å². The van der Waals surface area contributed by atoms with E-state index in [2.05, 4.69) is 13.8 Å². The van der Waals surface area contributed by atoms with Crippen LogP contribution in [0.3, 0.4) is 0 Å². The molecule has 3 N–H and O–H groups in total. The number of halogens is 1. The molecular weight excluding hydrogens is 234 g/mol. The molecule has 0 bridgehead atoms. The summed E-state index contributed by atoms with van der Waals surface area (Å²) >= 11 is 6.15. The van der Waals surface area contributed by atoms with Crippen molar-refractivity contribution in [1.82, 2.24) is 0 Å². The van der Waals surface area contributed by atoms with Crippen molar-refractivity contribution in [3.05, 3.63) is 28.3 Å². The summed E-state index contributed by atoms with van der Waals surface area (Å²) in [4.78, 5) is 0. The second-order valence-corrected chi connectivity index (χ2v) is 5.93. The predicted molar refractivity (Wildman–Crippen MR) is 71.8 cm³/mol. The van der Waals surface area contributed by atoms with E-state index in [0.717, 1.165) is 24.0 Å². The molecule has 1 unspecified atom stereocenters. The summed E-state index contributed by atoms with van der Waals surface area (Å²) < 4.78 is 0. The third-order valence-corrected chi connectivity index (χ3v) is 4.14. The molecule has 1 saturated carbocycles. The molecule has 1 atom stereocenters. The van der Waals surface area contributed by atoms with Gasteiger partial charge in [-0.1, -0.05) is 25.4 Å². The van der Waals surface area contributed by atoms with E-state index in [1.165, 1.54) is 0 Å². The molecule has 0 aromatic heterocycles. The van der Waals surface area contributed by atoms with E-state index in [9.17, 15) is 5.11 Å². The predicted octanol–water partition coefficient (Wildman–Crippen LogP) is 3.55. The number of phenolic OH excluding ortho intramolecular Hbond substituents is 1. The molecule has 1 aromatic rings. The summed E-state index contributed by atoms with van der Waals surface area (Å²) in [5.74, 6) is 0.649. The first-order valence-electron chi connectivity index (χ1n) is 6.17. The van der Waals surface area contributed by atoms with Gasteiger partial charge < -0.3 is 10.8 Å². The lowest BCUT2D eigenvalue weighted by atomic mass is 9.86. The molecule has 17 heavy (non-hydrogen) atoms. The van der Waals surface area contributed by atoms with E-state index < -0.39 is 0 Å². The number of phenols is 1. The Balaban J connectivity index is 2.55. The zero-order valence-electron chi connectivity index (χ0n) is 10.6. The van der Waals surface area contributed by atoms with Crippen LogP contribution >= 0.6 is 11.6 Å². The number of nitrogens with two attached hydrogens (primary N) is 1. The van der Waals surface area contributed by atoms with Crippen molar-refractivity contribution in [2.24, 2.45) is 5.73 Å². The van der Waals surface area contributed by atoms with E-state index in [-0.39, 0.29) is 17.4 Å². The van der Waals surface area contributed by atoms with Crippen LogP contribution in [0.25, 0.3) is 0 Å². The molecule has 1 aromatic carbocycles. The highest BCUT2D eigenvalue weighted by Gasteiger charge is 2.49. The molecule has 2 nitrogen and oxygen atoms in total. The third kappa shape index (κ3) is 2.04. The van der Waals surface area contributed by atoms with Crippen LogP contribution in [0.2, 0.25) is 5.02 Å². The van der Waals surface area contributed by atoms with E-state index in [1.54, 1.807) is 0 Å². The first-order valence-corrected chi connectivity index (χ1v) is 6.55. The number of rotatable bonds is 3. The first kappa shape index (κ1) is 12.7. The van der Waals surface area contributed by atoms with Crippen LogP contribution in [0.15, 0.2) is 12.1 Å². The van der Waals surface area contributed by atoms with Crippen LogP contribution in [0, 0.1) is 0 Å². The monoisotopic (exact) mass is 253 g/mol. The Morgan fingerprint density at radius 2 is 1.88 bits per heavy atom. The maximum absolute atomic E-state index is 10.4. The number of hydrogen-bond donors (Lipinski definition) is 2. The fourth-order valence-corrected chi connectivity index (χ4v) is 2.77. The van der Waals surface area contributed by atoms with Gasteiger partial charge in [-0.3, -0.25) is 0 Å². The number of benzene rings is 1. The van der Waals surface area contributed by atoms with E-state index in [0.29, 0.717) is 10.8 Å². The molecule has 1 aliphatic rings. The maximum atomic E-state index is 10.4. The van der Waals surface area contributed by atoms with E-state index in [1.807, 2.05) is 19.1 Å². The zero-order valence-corrected chi connectivity index (χ0v) is 11.4. The molecular formula is C14H20ClNO. The van der Waals surface area contributed by atoms with Crippen molar-refractivity contribution < 1.29 is 5.11 Å². The minimum absolute atomic E-state index is 0.0480. The smallest absolute Gasteiger partial charge is 0.122 e. The SMILES string of the molecule is CC(C)c1cc(Cl)cc(C2(C(C)N)CC2)c1O. The molecule has 0 saturated heterocycles. The lowest BCUT2D eigenvalue weighted by Crippen LogP contribution is -2.31. The summed E-state index contributed by atoms with van der Waals surface area (Å²) in [6.07, 6.45) is 2.08. The van der Waals surface area contributed by atoms with Crippen LogP contribution in [0.1, 0.15) is 50.7 Å². The highest BCUT2D eigenvalue weighted by molar-refractivity contribution is 6.30. The largest absolute Gasteiger partial charge is 0.507 e. The van der Waals surface area contributed by atoms with Gasteiger partial charge in [-0.2, -0.15) is 0 Å². The summed E-state index contributed by atoms with van der Waals surface area (Å²) in [5.41, 5.74) is 7.85. The molecule has 0 aliphatic heterocycles. The Morgan fingerprint density at radius 1 is 1.29 bits per heavy atom. The highest BCUT2D eigenvalue weighted by Crippen LogP contribution is 2.54. The highest BCUT2D eigenvalue weighted by atomic mass is 35.5. The molecule has 94 valence electrons. The van der Waals surface area contributed by atoms with Crippen LogP contribution in [0.4, 0.5) is 0 Å². The first-order chi connectivity index (χ1) is 7.88. The van der Waals surface area contributed by atoms with Gasteiger partial charge in [0.2, 0.25) is 0 Å². The van der Waals surface area contributed by atoms with Gasteiger partial charge in [0.25, 0.3) is 0 Å². The Labute approximate surface area is 108 Å². The van der Waals surface area contributed by atoms with Gasteiger partial charge in [-0.15, -0.1) is 0 Å². The van der Waals surface area contributed by atoms with Crippen molar-refractivity contribution >= 4 is 11.6 Å². The van der Waals surface area contributed by atoms with Crippen molar-refractivity contribution in [2.45, 2.75) is 51.0 Å². The minimum atomic E-state index is -0.0569. The molecule has 3 heteroatoms. The Hall–Kier alpha value is -0.730. The fourth-order valence-electron chi connectivity index (χ4n) is 2.54. The molecule has 1 aliphatic carbocycles. The standard InChI is InChI=1S/C14H20ClNO/c1-8(2)11-6-10(15)7-12(13(11)17)14(4-5-14)9(3)16/h6-9,17H,4-5,16H2,1-3H3. The molecule has 0 amide bonds. The molecule has 0 radical (unpaired) electrons. The normalized spacial score (nSPS) is 19.4. The molecule has 1 fully saturated rings. The fraction of sp³-hybridized carbons (Fsp3) is 0.571. The lowest BCUT2D eigenvalue weighted by Gasteiger charge is -2.23. The average Bonchev–Trinajstić information content (AvgIpc) is 3.01. The summed E-state index contributed by atoms with van der Waals surface area (Å²) in [6.45, 7) is 6.11. The van der Waals surface area contributed by atoms with Gasteiger partial charge in [-0.05, 0) is 43.4 Å². The van der Waals surface area contributed by atoms with Crippen molar-refractivity contribution in [3.63, 3.8) is 0 Å². The molecule has 0 spiro atoms. The van der Waals surface area contributed by atoms with Crippen LogP contribution in [0.5, 0.6) is 5.75 Å². The lowest BCUT2D eigenvalue weighted by molar-refractivity contribution is 0.438. The molecule has 0 heterocycles. The van der Waals surface area contributed by atoms with Crippen molar-refractivity contribution in [2.75, 3.05) is 0 Å². The number of aromatic hydroxyl groups is 1. The second kappa shape index (κ2) is 4.18. The summed E-state index contributed by atoms with van der Waals surface area (Å²) in [7, 11) is 0. The van der Waals surface area contributed by atoms with E-state index in [4.69, 9.17) is 17.3 Å². The van der Waals surface area contributed by atoms with Crippen LogP contribution < -0.4 is 5.73 Å². The van der Waals surface area contributed by atoms with E-state index >= 15 is 0 Å². The maximum Gasteiger partial charge on any atom is 0.122 e. The van der Waals surface area contributed by atoms with Gasteiger partial charge >= 0.3 is 0 Å². The average molecular weight is 254 g/mol. The van der Waals surface area contributed by atoms with Gasteiger partial charge in [0.1, 0.15) is 5.75 Å². The quantitative estimate of drug-likeness (QED) is 0.865. The van der Waals surface area contributed by atoms with Gasteiger partial charge in [-0.25, -0.2) is 0 Å². The zero-order chi connectivity index (χ0) is 12.8. The number of hydrogen-bond acceptors (Lipinski definition) is 2. The van der Waals surface area contributed by atoms with Crippen LogP contribution in [-0.4, -0.2) is 11.1 Å². The Morgan fingerprint density at radius 3 is 2.29 bits per heavy atom. The Bertz CT molecular complexity index is 436. The summed E-state index contributed by atoms with van der Waals surface area (Å²) in [5, 5.41) is 11.1. The minimum Gasteiger partial charge on any atom is -0.507 e. The van der Waals surface area contributed by atoms with Gasteiger partial charge in [0.15, 0.2) is 0 Å². The third-order valence-electron chi connectivity index (χ3n) is 3.92. The topological polar surface area (TPSA) is 46.2 Å². The molecule has 2 rings (SSSR count). The Kier molecular flexibility index (Phi) is 3.13. The summed E-state index contributed by atoms with van der Waals surface area (Å²) in [6, 6.07) is 3.77. The van der Waals surface area contributed by atoms with Crippen molar-refractivity contribution in [3.8, 4) is 5.75 Å². The van der Waals surface area contributed by atoms with Crippen LogP contribution in [-0.2, 0) is 5.41 Å².